The Kier molecular flexibility index (Phi) is 8.27. The molecule has 42 heavy (non-hydrogen) atoms. The number of nitrogens with one attached hydrogen (secondary N) is 2. The van der Waals surface area contributed by atoms with Crippen LogP contribution >= 0.6 is 0 Å². The van der Waals surface area contributed by atoms with E-state index >= 15 is 0 Å². The molecule has 1 aliphatic rings. The van der Waals surface area contributed by atoms with Crippen LogP contribution in [0, 0.1) is 6.92 Å². The number of aliphatic hydroxyl groups is 1. The summed E-state index contributed by atoms with van der Waals surface area (Å²) in [7, 11) is 0. The standard InChI is InChI=1S/C28H30F3N7O4/c1-16-4-3-5-18(10-16)22(14-39)35-25(40)17(2)37-15-33-38-13-19(11-23(38)26(37)41)24-21(28(29,30)31)12-32-27(36-24)34-20-6-8-42-9-7-20/h3-5,10-13,15,17,20,22,39H,6-9,14H2,1-2H3,(H,35,40)(H,32,34,36)/t17-,22-/m1/s1. The summed E-state index contributed by atoms with van der Waals surface area (Å²) in [5, 5.41) is 19.8. The Labute approximate surface area is 238 Å². The number of hydrogen-bond acceptors (Lipinski definition) is 8. The molecule has 0 aliphatic carbocycles. The first-order chi connectivity index (χ1) is 20.0. The number of rotatable bonds is 8. The fourth-order valence-corrected chi connectivity index (χ4v) is 4.85. The van der Waals surface area contributed by atoms with Crippen LogP contribution in [0.15, 0.2) is 53.8 Å². The van der Waals surface area contributed by atoms with Gasteiger partial charge in [-0.3, -0.25) is 14.2 Å². The third kappa shape index (κ3) is 6.14. The Morgan fingerprint density at radius 1 is 1.24 bits per heavy atom. The number of amides is 1. The van der Waals surface area contributed by atoms with E-state index in [1.807, 2.05) is 19.1 Å². The zero-order chi connectivity index (χ0) is 30.0. The van der Waals surface area contributed by atoms with E-state index < -0.39 is 41.0 Å². The topological polar surface area (TPSA) is 136 Å². The molecule has 5 rings (SSSR count). The Morgan fingerprint density at radius 3 is 2.69 bits per heavy atom. The van der Waals surface area contributed by atoms with Crippen molar-refractivity contribution in [2.45, 2.75) is 51.0 Å². The van der Waals surface area contributed by atoms with Gasteiger partial charge >= 0.3 is 6.18 Å². The molecule has 1 saturated heterocycles. The summed E-state index contributed by atoms with van der Waals surface area (Å²) < 4.78 is 49.3. The number of fused-ring (bicyclic) bond motifs is 1. The lowest BCUT2D eigenvalue weighted by molar-refractivity contribution is -0.137. The third-order valence-electron chi connectivity index (χ3n) is 7.22. The number of carbonyl (C=O) groups is 1. The van der Waals surface area contributed by atoms with Crippen LogP contribution in [0.5, 0.6) is 0 Å². The maximum Gasteiger partial charge on any atom is 0.419 e. The van der Waals surface area contributed by atoms with E-state index in [0.717, 1.165) is 27.2 Å². The molecule has 0 spiro atoms. The average Bonchev–Trinajstić information content (AvgIpc) is 3.41. The molecular weight excluding hydrogens is 555 g/mol. The smallest absolute Gasteiger partial charge is 0.394 e. The van der Waals surface area contributed by atoms with Gasteiger partial charge in [-0.2, -0.15) is 18.3 Å². The molecule has 2 atom stereocenters. The van der Waals surface area contributed by atoms with Crippen molar-refractivity contribution in [3.05, 3.63) is 76.1 Å². The minimum Gasteiger partial charge on any atom is -0.394 e. The zero-order valence-electron chi connectivity index (χ0n) is 22.9. The molecule has 0 bridgehead atoms. The summed E-state index contributed by atoms with van der Waals surface area (Å²) in [5.41, 5.74) is -0.487. The Bertz CT molecular complexity index is 1650. The van der Waals surface area contributed by atoms with Crippen LogP contribution in [0.25, 0.3) is 16.8 Å². The molecule has 3 aromatic heterocycles. The molecule has 14 heteroatoms. The predicted octanol–water partition coefficient (Wildman–Crippen LogP) is 3.28. The van der Waals surface area contributed by atoms with Gasteiger partial charge in [0.25, 0.3) is 5.56 Å². The van der Waals surface area contributed by atoms with Gasteiger partial charge in [-0.1, -0.05) is 29.8 Å². The monoisotopic (exact) mass is 585 g/mol. The molecule has 4 aromatic rings. The highest BCUT2D eigenvalue weighted by Gasteiger charge is 2.36. The number of halogens is 3. The molecule has 1 aliphatic heterocycles. The molecule has 1 amide bonds. The van der Waals surface area contributed by atoms with E-state index in [9.17, 15) is 27.9 Å². The van der Waals surface area contributed by atoms with Crippen LogP contribution in [0.2, 0.25) is 0 Å². The van der Waals surface area contributed by atoms with Gasteiger partial charge in [0, 0.05) is 37.2 Å². The van der Waals surface area contributed by atoms with Crippen molar-refractivity contribution in [1.82, 2.24) is 29.5 Å². The highest BCUT2D eigenvalue weighted by molar-refractivity contribution is 5.80. The normalized spacial score (nSPS) is 15.9. The van der Waals surface area contributed by atoms with E-state index in [1.54, 1.807) is 12.1 Å². The number of aryl methyl sites for hydroxylation is 1. The van der Waals surface area contributed by atoms with Crippen LogP contribution in [0.3, 0.4) is 0 Å². The summed E-state index contributed by atoms with van der Waals surface area (Å²) >= 11 is 0. The Hall–Kier alpha value is -4.30. The number of anilines is 1. The maximum absolute atomic E-state index is 13.9. The zero-order valence-corrected chi connectivity index (χ0v) is 22.9. The van der Waals surface area contributed by atoms with Gasteiger partial charge in [-0.15, -0.1) is 0 Å². The maximum atomic E-state index is 13.9. The molecule has 3 N–H and O–H groups in total. The van der Waals surface area contributed by atoms with Crippen LogP contribution in [0.1, 0.15) is 48.5 Å². The van der Waals surface area contributed by atoms with Crippen molar-refractivity contribution >= 4 is 17.4 Å². The highest BCUT2D eigenvalue weighted by atomic mass is 19.4. The first-order valence-electron chi connectivity index (χ1n) is 13.4. The molecule has 0 radical (unpaired) electrons. The number of aromatic nitrogens is 5. The van der Waals surface area contributed by atoms with Crippen molar-refractivity contribution in [3.63, 3.8) is 0 Å². The van der Waals surface area contributed by atoms with E-state index in [-0.39, 0.29) is 29.7 Å². The first-order valence-corrected chi connectivity index (χ1v) is 13.4. The summed E-state index contributed by atoms with van der Waals surface area (Å²) in [6, 6.07) is 6.78. The summed E-state index contributed by atoms with van der Waals surface area (Å²) in [5.74, 6) is -0.516. The van der Waals surface area contributed by atoms with Gasteiger partial charge < -0.3 is 20.5 Å². The number of nitrogens with zero attached hydrogens (tertiary/aromatic N) is 5. The van der Waals surface area contributed by atoms with Crippen LogP contribution in [-0.4, -0.2) is 61.0 Å². The molecule has 0 unspecified atom stereocenters. The molecule has 0 saturated carbocycles. The SMILES string of the molecule is Cc1cccc([C@@H](CO)NC(=O)[C@@H](C)n2cnn3cc(-c4nc(NC5CCOCC5)ncc4C(F)(F)F)cc3c2=O)c1. The average molecular weight is 586 g/mol. The lowest BCUT2D eigenvalue weighted by atomic mass is 10.0. The molecular formula is C28H30F3N7O4. The molecule has 11 nitrogen and oxygen atoms in total. The number of carbonyl (C=O) groups excluding carboxylic acids is 1. The number of alkyl halides is 3. The molecule has 1 fully saturated rings. The van der Waals surface area contributed by atoms with E-state index in [0.29, 0.717) is 31.6 Å². The number of benzene rings is 1. The summed E-state index contributed by atoms with van der Waals surface area (Å²) in [6.45, 7) is 4.07. The minimum atomic E-state index is -4.75. The first kappa shape index (κ1) is 29.2. The summed E-state index contributed by atoms with van der Waals surface area (Å²) in [4.78, 5) is 34.5. The van der Waals surface area contributed by atoms with Gasteiger partial charge in [0.1, 0.15) is 23.4 Å². The predicted molar refractivity (Wildman–Crippen MR) is 147 cm³/mol. The second kappa shape index (κ2) is 11.9. The van der Waals surface area contributed by atoms with Gasteiger partial charge in [0.15, 0.2) is 0 Å². The Balaban J connectivity index is 1.45. The number of hydrogen-bond donors (Lipinski definition) is 3. The van der Waals surface area contributed by atoms with Gasteiger partial charge in [0.05, 0.1) is 18.3 Å². The lowest BCUT2D eigenvalue weighted by Crippen LogP contribution is -2.39. The fraction of sp³-hybridized carbons (Fsp3) is 0.393. The molecule has 222 valence electrons. The third-order valence-corrected chi connectivity index (χ3v) is 7.22. The van der Waals surface area contributed by atoms with Crippen molar-refractivity contribution < 1.29 is 27.8 Å². The lowest BCUT2D eigenvalue weighted by Gasteiger charge is -2.23. The van der Waals surface area contributed by atoms with E-state index in [4.69, 9.17) is 4.74 Å². The molecule has 4 heterocycles. The van der Waals surface area contributed by atoms with Gasteiger partial charge in [-0.25, -0.2) is 14.5 Å². The second-order valence-corrected chi connectivity index (χ2v) is 10.2. The number of ether oxygens (including phenoxy) is 1. The van der Waals surface area contributed by atoms with Crippen LogP contribution in [-0.2, 0) is 15.7 Å². The fourth-order valence-electron chi connectivity index (χ4n) is 4.85. The minimum absolute atomic E-state index is 0.0130. The Morgan fingerprint density at radius 2 is 2.00 bits per heavy atom. The van der Waals surface area contributed by atoms with Gasteiger partial charge in [-0.05, 0) is 38.3 Å². The van der Waals surface area contributed by atoms with Crippen molar-refractivity contribution in [2.75, 3.05) is 25.1 Å². The largest absolute Gasteiger partial charge is 0.419 e. The van der Waals surface area contributed by atoms with Gasteiger partial charge in [0.2, 0.25) is 11.9 Å². The van der Waals surface area contributed by atoms with Crippen LogP contribution < -0.4 is 16.2 Å². The van der Waals surface area contributed by atoms with Crippen molar-refractivity contribution in [3.8, 4) is 11.3 Å². The highest BCUT2D eigenvalue weighted by Crippen LogP contribution is 2.36. The second-order valence-electron chi connectivity index (χ2n) is 10.2. The quantitative estimate of drug-likeness (QED) is 0.287. The van der Waals surface area contributed by atoms with E-state index in [1.165, 1.54) is 19.2 Å². The van der Waals surface area contributed by atoms with Crippen LogP contribution in [0.4, 0.5) is 19.1 Å². The van der Waals surface area contributed by atoms with E-state index in [2.05, 4.69) is 25.7 Å². The van der Waals surface area contributed by atoms with Crippen molar-refractivity contribution in [2.24, 2.45) is 0 Å². The molecule has 1 aromatic carbocycles. The number of aliphatic hydroxyl groups excluding tert-OH is 1. The van der Waals surface area contributed by atoms with Crippen molar-refractivity contribution in [1.29, 1.82) is 0 Å². The summed E-state index contributed by atoms with van der Waals surface area (Å²) in [6.07, 6.45) is -0.282.